The van der Waals surface area contributed by atoms with Gasteiger partial charge in [0.15, 0.2) is 6.61 Å². The van der Waals surface area contributed by atoms with E-state index in [1.807, 2.05) is 0 Å². The van der Waals surface area contributed by atoms with Crippen molar-refractivity contribution in [1.82, 2.24) is 10.3 Å². The molecule has 0 radical (unpaired) electrons. The zero-order valence-electron chi connectivity index (χ0n) is 13.9. The van der Waals surface area contributed by atoms with Crippen LogP contribution in [0.1, 0.15) is 34.7 Å². The van der Waals surface area contributed by atoms with Gasteiger partial charge in [-0.15, -0.1) is 0 Å². The molecule has 2 N–H and O–H groups in total. The van der Waals surface area contributed by atoms with Crippen molar-refractivity contribution in [1.29, 1.82) is 0 Å². The first kappa shape index (κ1) is 18.4. The van der Waals surface area contributed by atoms with E-state index in [0.29, 0.717) is 5.69 Å². The molecule has 132 valence electrons. The summed E-state index contributed by atoms with van der Waals surface area (Å²) in [4.78, 5) is 39.0. The van der Waals surface area contributed by atoms with Gasteiger partial charge in [0.05, 0.1) is 11.3 Å². The van der Waals surface area contributed by atoms with E-state index >= 15 is 0 Å². The van der Waals surface area contributed by atoms with Gasteiger partial charge in [0.25, 0.3) is 5.91 Å². The Morgan fingerprint density at radius 1 is 1.16 bits per heavy atom. The first-order valence-corrected chi connectivity index (χ1v) is 7.78. The SMILES string of the molecule is CC(C)[C@H](NC(=O)c1ccccc1F)C(=O)OCC(=O)c1ccc[nH]1. The molecule has 0 bridgehead atoms. The van der Waals surface area contributed by atoms with Gasteiger partial charge < -0.3 is 15.0 Å². The zero-order chi connectivity index (χ0) is 18.4. The first-order chi connectivity index (χ1) is 11.9. The van der Waals surface area contributed by atoms with E-state index < -0.39 is 30.3 Å². The van der Waals surface area contributed by atoms with E-state index in [0.717, 1.165) is 6.07 Å². The highest BCUT2D eigenvalue weighted by Crippen LogP contribution is 2.10. The molecule has 6 nitrogen and oxygen atoms in total. The maximum atomic E-state index is 13.7. The molecule has 0 saturated heterocycles. The van der Waals surface area contributed by atoms with Crippen molar-refractivity contribution in [3.05, 3.63) is 59.7 Å². The van der Waals surface area contributed by atoms with Gasteiger partial charge >= 0.3 is 5.97 Å². The lowest BCUT2D eigenvalue weighted by atomic mass is 10.0. The molecule has 0 aliphatic carbocycles. The molecule has 0 spiro atoms. The third-order valence-corrected chi connectivity index (χ3v) is 3.57. The average molecular weight is 346 g/mol. The number of nitrogens with one attached hydrogen (secondary N) is 2. The Bertz CT molecular complexity index is 756. The van der Waals surface area contributed by atoms with Gasteiger partial charge in [0.2, 0.25) is 5.78 Å². The quantitative estimate of drug-likeness (QED) is 0.595. The fourth-order valence-corrected chi connectivity index (χ4v) is 2.17. The van der Waals surface area contributed by atoms with Gasteiger partial charge in [-0.1, -0.05) is 26.0 Å². The maximum absolute atomic E-state index is 13.7. The maximum Gasteiger partial charge on any atom is 0.329 e. The molecule has 1 amide bonds. The van der Waals surface area contributed by atoms with Crippen molar-refractivity contribution < 1.29 is 23.5 Å². The van der Waals surface area contributed by atoms with Gasteiger partial charge in [-0.05, 0) is 30.2 Å². The number of hydrogen-bond acceptors (Lipinski definition) is 4. The number of ether oxygens (including phenoxy) is 1. The predicted molar refractivity (Wildman–Crippen MR) is 88.6 cm³/mol. The smallest absolute Gasteiger partial charge is 0.329 e. The second-order valence-corrected chi connectivity index (χ2v) is 5.79. The van der Waals surface area contributed by atoms with Crippen molar-refractivity contribution in [3.63, 3.8) is 0 Å². The van der Waals surface area contributed by atoms with E-state index in [-0.39, 0.29) is 17.3 Å². The van der Waals surface area contributed by atoms with Crippen LogP contribution in [0.25, 0.3) is 0 Å². The van der Waals surface area contributed by atoms with E-state index in [4.69, 9.17) is 4.74 Å². The van der Waals surface area contributed by atoms with E-state index in [2.05, 4.69) is 10.3 Å². The van der Waals surface area contributed by atoms with Gasteiger partial charge in [-0.2, -0.15) is 0 Å². The van der Waals surface area contributed by atoms with Crippen LogP contribution in [-0.4, -0.2) is 35.3 Å². The lowest BCUT2D eigenvalue weighted by Gasteiger charge is -2.20. The Kier molecular flexibility index (Phi) is 6.05. The Balaban J connectivity index is 2.00. The number of aromatic amines is 1. The fraction of sp³-hybridized carbons (Fsp3) is 0.278. The topological polar surface area (TPSA) is 88.3 Å². The molecule has 0 aliphatic heterocycles. The van der Waals surface area contributed by atoms with Crippen LogP contribution in [0.15, 0.2) is 42.6 Å². The average Bonchev–Trinajstić information content (AvgIpc) is 3.11. The van der Waals surface area contributed by atoms with E-state index in [9.17, 15) is 18.8 Å². The summed E-state index contributed by atoms with van der Waals surface area (Å²) in [6, 6.07) is 7.69. The standard InChI is InChI=1S/C18H19FN2O4/c1-11(2)16(21-17(23)12-6-3-4-7-13(12)19)18(24)25-10-15(22)14-8-5-9-20-14/h3-9,11,16,20H,10H2,1-2H3,(H,21,23)/t16-/m0/s1. The van der Waals surface area contributed by atoms with Crippen LogP contribution in [-0.2, 0) is 9.53 Å². The summed E-state index contributed by atoms with van der Waals surface area (Å²) in [5.74, 6) is -2.84. The molecular weight excluding hydrogens is 327 g/mol. The van der Waals surface area contributed by atoms with Crippen LogP contribution in [0.5, 0.6) is 0 Å². The highest BCUT2D eigenvalue weighted by atomic mass is 19.1. The third-order valence-electron chi connectivity index (χ3n) is 3.57. The number of amides is 1. The van der Waals surface area contributed by atoms with Crippen molar-refractivity contribution in [2.24, 2.45) is 5.92 Å². The number of esters is 1. The number of hydrogen-bond donors (Lipinski definition) is 2. The van der Waals surface area contributed by atoms with Crippen molar-refractivity contribution in [2.75, 3.05) is 6.61 Å². The summed E-state index contributed by atoms with van der Waals surface area (Å²) >= 11 is 0. The summed E-state index contributed by atoms with van der Waals surface area (Å²) in [5.41, 5.74) is 0.160. The summed E-state index contributed by atoms with van der Waals surface area (Å²) in [6.45, 7) is 2.97. The molecule has 0 saturated carbocycles. The monoisotopic (exact) mass is 346 g/mol. The van der Waals surface area contributed by atoms with Crippen LogP contribution in [0.2, 0.25) is 0 Å². The van der Waals surface area contributed by atoms with Crippen LogP contribution in [0.3, 0.4) is 0 Å². The largest absolute Gasteiger partial charge is 0.456 e. The number of Topliss-reactive ketones (excluding diaryl/α,β-unsaturated/α-hetero) is 1. The lowest BCUT2D eigenvalue weighted by Crippen LogP contribution is -2.46. The summed E-state index contributed by atoms with van der Waals surface area (Å²) in [6.07, 6.45) is 1.58. The Hall–Kier alpha value is -2.96. The number of carbonyl (C=O) groups is 3. The molecule has 0 fully saturated rings. The second kappa shape index (κ2) is 8.23. The molecule has 2 aromatic rings. The van der Waals surface area contributed by atoms with Crippen LogP contribution >= 0.6 is 0 Å². The molecule has 2 rings (SSSR count). The molecule has 1 aromatic heterocycles. The third kappa shape index (κ3) is 4.76. The molecule has 7 heteroatoms. The van der Waals surface area contributed by atoms with Crippen molar-refractivity contribution >= 4 is 17.7 Å². The Labute approximate surface area is 144 Å². The number of rotatable bonds is 7. The second-order valence-electron chi connectivity index (χ2n) is 5.79. The van der Waals surface area contributed by atoms with Crippen LogP contribution in [0, 0.1) is 11.7 Å². The van der Waals surface area contributed by atoms with Crippen molar-refractivity contribution in [3.8, 4) is 0 Å². The van der Waals surface area contributed by atoms with Gasteiger partial charge in [0, 0.05) is 6.20 Å². The highest BCUT2D eigenvalue weighted by molar-refractivity contribution is 5.98. The zero-order valence-corrected chi connectivity index (χ0v) is 13.9. The molecule has 1 aromatic carbocycles. The summed E-state index contributed by atoms with van der Waals surface area (Å²) in [5, 5.41) is 2.46. The highest BCUT2D eigenvalue weighted by Gasteiger charge is 2.27. The van der Waals surface area contributed by atoms with Gasteiger partial charge in [-0.25, -0.2) is 9.18 Å². The molecule has 1 heterocycles. The number of benzene rings is 1. The summed E-state index contributed by atoms with van der Waals surface area (Å²) < 4.78 is 18.7. The fourth-order valence-electron chi connectivity index (χ4n) is 2.17. The minimum atomic E-state index is -0.997. The summed E-state index contributed by atoms with van der Waals surface area (Å²) in [7, 11) is 0. The number of ketones is 1. The minimum Gasteiger partial charge on any atom is -0.456 e. The lowest BCUT2D eigenvalue weighted by molar-refractivity contribution is -0.145. The Morgan fingerprint density at radius 2 is 1.88 bits per heavy atom. The molecule has 1 atom stereocenters. The Morgan fingerprint density at radius 3 is 2.48 bits per heavy atom. The number of carbonyl (C=O) groups excluding carboxylic acids is 3. The van der Waals surface area contributed by atoms with E-state index in [1.165, 1.54) is 18.2 Å². The van der Waals surface area contributed by atoms with Crippen LogP contribution in [0.4, 0.5) is 4.39 Å². The number of aromatic nitrogens is 1. The number of halogens is 1. The first-order valence-electron chi connectivity index (χ1n) is 7.78. The number of H-pyrrole nitrogens is 1. The molecule has 25 heavy (non-hydrogen) atoms. The minimum absolute atomic E-state index is 0.164. The molecule has 0 unspecified atom stereocenters. The molecular formula is C18H19FN2O4. The van der Waals surface area contributed by atoms with Crippen molar-refractivity contribution in [2.45, 2.75) is 19.9 Å². The molecule has 0 aliphatic rings. The van der Waals surface area contributed by atoms with Gasteiger partial charge in [-0.3, -0.25) is 9.59 Å². The van der Waals surface area contributed by atoms with Gasteiger partial charge in [0.1, 0.15) is 11.9 Å². The predicted octanol–water partition coefficient (Wildman–Crippen LogP) is 2.33. The normalized spacial score (nSPS) is 11.8. The van der Waals surface area contributed by atoms with E-state index in [1.54, 1.807) is 32.2 Å². The van der Waals surface area contributed by atoms with Crippen LogP contribution < -0.4 is 5.32 Å².